The van der Waals surface area contributed by atoms with Gasteiger partial charge in [0.1, 0.15) is 11.5 Å². The fraction of sp³-hybridized carbons (Fsp3) is 0.714. The first-order valence-corrected chi connectivity index (χ1v) is 7.19. The molecule has 0 unspecified atom stereocenters. The van der Waals surface area contributed by atoms with Crippen molar-refractivity contribution in [3.8, 4) is 5.88 Å². The van der Waals surface area contributed by atoms with Crippen LogP contribution in [0.1, 0.15) is 31.4 Å². The van der Waals surface area contributed by atoms with Crippen molar-refractivity contribution in [3.63, 3.8) is 0 Å². The molecule has 3 fully saturated rings. The number of alkyl halides is 3. The van der Waals surface area contributed by atoms with Gasteiger partial charge >= 0.3 is 6.18 Å². The Morgan fingerprint density at radius 2 is 1.90 bits per heavy atom. The van der Waals surface area contributed by atoms with Crippen molar-refractivity contribution in [2.24, 2.45) is 5.41 Å². The topological polar surface area (TPSA) is 47.0 Å². The first-order valence-electron chi connectivity index (χ1n) is 7.19. The fourth-order valence-corrected chi connectivity index (χ4v) is 3.37. The van der Waals surface area contributed by atoms with Crippen LogP contribution < -0.4 is 10.1 Å². The lowest BCUT2D eigenvalue weighted by Crippen LogP contribution is -2.62. The van der Waals surface area contributed by atoms with Gasteiger partial charge in [-0.3, -0.25) is 4.98 Å². The molecule has 1 aromatic heterocycles. The summed E-state index contributed by atoms with van der Waals surface area (Å²) in [4.78, 5) is 7.95. The van der Waals surface area contributed by atoms with E-state index in [1.165, 1.54) is 12.4 Å². The second-order valence-corrected chi connectivity index (χ2v) is 6.57. The highest BCUT2D eigenvalue weighted by Gasteiger charge is 2.65. The van der Waals surface area contributed by atoms with Crippen LogP contribution in [0.4, 0.5) is 13.2 Å². The third-order valence-corrected chi connectivity index (χ3v) is 5.00. The lowest BCUT2D eigenvalue weighted by molar-refractivity contribution is -0.161. The number of nitrogens with zero attached hydrogens (tertiary/aromatic N) is 2. The number of hydrogen-bond acceptors (Lipinski definition) is 4. The van der Waals surface area contributed by atoms with Gasteiger partial charge in [-0.25, -0.2) is 4.98 Å². The largest absolute Gasteiger partial charge is 0.473 e. The zero-order valence-electron chi connectivity index (χ0n) is 11.4. The van der Waals surface area contributed by atoms with Gasteiger partial charge in [0.2, 0.25) is 5.88 Å². The number of halogens is 3. The minimum atomic E-state index is -4.27. The summed E-state index contributed by atoms with van der Waals surface area (Å²) in [6.07, 6.45) is 0.466. The molecule has 21 heavy (non-hydrogen) atoms. The lowest BCUT2D eigenvalue weighted by atomic mass is 9.63. The molecule has 0 atom stereocenters. The Balaban J connectivity index is 1.47. The average molecular weight is 299 g/mol. The molecule has 2 saturated carbocycles. The Labute approximate surface area is 120 Å². The second kappa shape index (κ2) is 4.09. The number of ether oxygens (including phenoxy) is 1. The Morgan fingerprint density at radius 3 is 2.43 bits per heavy atom. The molecule has 2 aliphatic carbocycles. The SMILES string of the molecule is FC(F)(F)C1(c2cncc(OC3CC4(CNC4)C3)n2)CC1. The number of aromatic nitrogens is 2. The molecular formula is C14H16F3N3O. The average Bonchev–Trinajstić information content (AvgIpc) is 3.11. The summed E-state index contributed by atoms with van der Waals surface area (Å²) >= 11 is 0. The zero-order chi connectivity index (χ0) is 14.7. The van der Waals surface area contributed by atoms with Crippen LogP contribution in [-0.2, 0) is 5.41 Å². The molecule has 1 aromatic rings. The van der Waals surface area contributed by atoms with Gasteiger partial charge in [0, 0.05) is 24.7 Å². The highest BCUT2D eigenvalue weighted by molar-refractivity contribution is 5.27. The molecule has 1 saturated heterocycles. The van der Waals surface area contributed by atoms with E-state index in [1.54, 1.807) is 0 Å². The smallest absolute Gasteiger partial charge is 0.400 e. The highest BCUT2D eigenvalue weighted by atomic mass is 19.4. The minimum Gasteiger partial charge on any atom is -0.473 e. The van der Waals surface area contributed by atoms with Gasteiger partial charge in [0.05, 0.1) is 11.9 Å². The molecule has 7 heteroatoms. The Hall–Kier alpha value is -1.37. The molecule has 0 amide bonds. The van der Waals surface area contributed by atoms with Crippen molar-refractivity contribution in [1.82, 2.24) is 15.3 Å². The molecule has 0 radical (unpaired) electrons. The predicted molar refractivity (Wildman–Crippen MR) is 68.0 cm³/mol. The van der Waals surface area contributed by atoms with Crippen LogP contribution in [0.3, 0.4) is 0 Å². The van der Waals surface area contributed by atoms with E-state index < -0.39 is 11.6 Å². The maximum atomic E-state index is 13.1. The maximum absolute atomic E-state index is 13.1. The molecule has 0 aromatic carbocycles. The summed E-state index contributed by atoms with van der Waals surface area (Å²) in [5.41, 5.74) is -1.44. The molecule has 2 heterocycles. The van der Waals surface area contributed by atoms with E-state index in [1.807, 2.05) is 0 Å². The summed E-state index contributed by atoms with van der Waals surface area (Å²) in [6.45, 7) is 2.02. The van der Waals surface area contributed by atoms with Crippen LogP contribution in [0.25, 0.3) is 0 Å². The van der Waals surface area contributed by atoms with Crippen LogP contribution >= 0.6 is 0 Å². The Kier molecular flexibility index (Phi) is 2.59. The monoisotopic (exact) mass is 299 g/mol. The van der Waals surface area contributed by atoms with E-state index in [2.05, 4.69) is 15.3 Å². The third-order valence-electron chi connectivity index (χ3n) is 5.00. The van der Waals surface area contributed by atoms with Gasteiger partial charge in [0.25, 0.3) is 0 Å². The molecule has 3 aliphatic rings. The molecule has 0 bridgehead atoms. The third kappa shape index (κ3) is 2.01. The van der Waals surface area contributed by atoms with E-state index in [-0.39, 0.29) is 30.5 Å². The molecule has 114 valence electrons. The van der Waals surface area contributed by atoms with Crippen molar-refractivity contribution < 1.29 is 17.9 Å². The van der Waals surface area contributed by atoms with Crippen molar-refractivity contribution in [1.29, 1.82) is 0 Å². The molecule has 4 nitrogen and oxygen atoms in total. The van der Waals surface area contributed by atoms with E-state index in [4.69, 9.17) is 4.74 Å². The zero-order valence-corrected chi connectivity index (χ0v) is 11.4. The first-order chi connectivity index (χ1) is 9.93. The summed E-state index contributed by atoms with van der Waals surface area (Å²) in [5, 5.41) is 3.23. The van der Waals surface area contributed by atoms with E-state index in [0.717, 1.165) is 25.9 Å². The molecule has 1 spiro atoms. The van der Waals surface area contributed by atoms with Crippen molar-refractivity contribution in [3.05, 3.63) is 18.1 Å². The quantitative estimate of drug-likeness (QED) is 0.929. The molecule has 1 aliphatic heterocycles. The van der Waals surface area contributed by atoms with Crippen LogP contribution in [0.2, 0.25) is 0 Å². The van der Waals surface area contributed by atoms with Gasteiger partial charge < -0.3 is 10.1 Å². The highest BCUT2D eigenvalue weighted by Crippen LogP contribution is 2.58. The Bertz CT molecular complexity index is 559. The number of rotatable bonds is 3. The van der Waals surface area contributed by atoms with Crippen molar-refractivity contribution in [2.75, 3.05) is 13.1 Å². The molecular weight excluding hydrogens is 283 g/mol. The van der Waals surface area contributed by atoms with Gasteiger partial charge in [-0.05, 0) is 25.7 Å². The van der Waals surface area contributed by atoms with Gasteiger partial charge in [-0.15, -0.1) is 0 Å². The standard InChI is InChI=1S/C14H16F3N3O/c15-14(16,17)13(1-2-13)10-5-18-6-11(20-10)21-9-3-12(4-9)7-19-8-12/h5-6,9,19H,1-4,7-8H2. The van der Waals surface area contributed by atoms with Crippen molar-refractivity contribution >= 4 is 0 Å². The maximum Gasteiger partial charge on any atom is 0.400 e. The van der Waals surface area contributed by atoms with Gasteiger partial charge in [0.15, 0.2) is 0 Å². The summed E-state index contributed by atoms with van der Waals surface area (Å²) in [7, 11) is 0. The number of hydrogen-bond donors (Lipinski definition) is 1. The lowest BCUT2D eigenvalue weighted by Gasteiger charge is -2.53. The normalized spacial score (nSPS) is 26.0. The summed E-state index contributed by atoms with van der Waals surface area (Å²) in [6, 6.07) is 0. The van der Waals surface area contributed by atoms with E-state index >= 15 is 0 Å². The van der Waals surface area contributed by atoms with E-state index in [9.17, 15) is 13.2 Å². The summed E-state index contributed by atoms with van der Waals surface area (Å²) < 4.78 is 45.0. The van der Waals surface area contributed by atoms with Gasteiger partial charge in [-0.2, -0.15) is 13.2 Å². The molecule has 4 rings (SSSR count). The second-order valence-electron chi connectivity index (χ2n) is 6.57. The first kappa shape index (κ1) is 13.3. The minimum absolute atomic E-state index is 0.00755. The van der Waals surface area contributed by atoms with Crippen LogP contribution in [-0.4, -0.2) is 35.3 Å². The van der Waals surface area contributed by atoms with Crippen LogP contribution in [0, 0.1) is 5.41 Å². The Morgan fingerprint density at radius 1 is 1.19 bits per heavy atom. The number of nitrogens with one attached hydrogen (secondary N) is 1. The van der Waals surface area contributed by atoms with Crippen LogP contribution in [0.5, 0.6) is 5.88 Å². The summed E-state index contributed by atoms with van der Waals surface area (Å²) in [5.74, 6) is 0.218. The van der Waals surface area contributed by atoms with Crippen LogP contribution in [0.15, 0.2) is 12.4 Å². The predicted octanol–water partition coefficient (Wildman–Crippen LogP) is 2.20. The van der Waals surface area contributed by atoms with Crippen molar-refractivity contribution in [2.45, 2.75) is 43.4 Å². The van der Waals surface area contributed by atoms with Gasteiger partial charge in [-0.1, -0.05) is 0 Å². The molecule has 1 N–H and O–H groups in total. The fourth-order valence-electron chi connectivity index (χ4n) is 3.37. The van der Waals surface area contributed by atoms with E-state index in [0.29, 0.717) is 5.41 Å².